The molecule has 4 rings (SSSR count). The lowest BCUT2D eigenvalue weighted by Gasteiger charge is -2.06. The minimum absolute atomic E-state index is 0.0543. The summed E-state index contributed by atoms with van der Waals surface area (Å²) in [5, 5.41) is 21.1. The van der Waals surface area contributed by atoms with E-state index in [9.17, 15) is 14.4 Å². The number of aliphatic carboxylic acids is 1. The first kappa shape index (κ1) is 26.7. The lowest BCUT2D eigenvalue weighted by atomic mass is 10.1. The zero-order valence-corrected chi connectivity index (χ0v) is 19.6. The summed E-state index contributed by atoms with van der Waals surface area (Å²) in [5.41, 5.74) is 6.67. The maximum absolute atomic E-state index is 11.9. The summed E-state index contributed by atoms with van der Waals surface area (Å²) >= 11 is 1.43. The third-order valence-corrected chi connectivity index (χ3v) is 5.71. The maximum Gasteiger partial charge on any atom is 0.322 e. The van der Waals surface area contributed by atoms with E-state index in [0.29, 0.717) is 5.56 Å². The third kappa shape index (κ3) is 9.51. The number of carboxylic acid groups (broad SMARTS) is 1. The van der Waals surface area contributed by atoms with Crippen LogP contribution in [0, 0.1) is 0 Å². The summed E-state index contributed by atoms with van der Waals surface area (Å²) in [6.45, 7) is -0.392. The van der Waals surface area contributed by atoms with Crippen molar-refractivity contribution in [2.24, 2.45) is 5.73 Å². The van der Waals surface area contributed by atoms with Crippen LogP contribution in [0.5, 0.6) is 0 Å². The Kier molecular flexibility index (Phi) is 11.4. The molecule has 2 heterocycles. The molecule has 1 aliphatic rings. The second-order valence-electron chi connectivity index (χ2n) is 7.46. The Morgan fingerprint density at radius 2 is 1.56 bits per heavy atom. The highest BCUT2D eigenvalue weighted by atomic mass is 32.1. The summed E-state index contributed by atoms with van der Waals surface area (Å²) in [4.78, 5) is 38.3. The van der Waals surface area contributed by atoms with Crippen LogP contribution in [0.4, 0.5) is 0 Å². The number of carbonyl (C=O) groups excluding carboxylic acids is 2. The van der Waals surface area contributed by atoms with Crippen molar-refractivity contribution in [1.82, 2.24) is 10.3 Å². The van der Waals surface area contributed by atoms with E-state index in [2.05, 4.69) is 10.3 Å². The minimum Gasteiger partial charge on any atom is -0.480 e. The maximum atomic E-state index is 11.9. The van der Waals surface area contributed by atoms with E-state index in [1.54, 1.807) is 0 Å². The first-order valence-electron chi connectivity index (χ1n) is 10.9. The fourth-order valence-electron chi connectivity index (χ4n) is 3.07. The Balaban J connectivity index is 0.000000253. The van der Waals surface area contributed by atoms with Crippen LogP contribution in [0.3, 0.4) is 0 Å². The van der Waals surface area contributed by atoms with E-state index in [1.807, 2.05) is 47.8 Å². The van der Waals surface area contributed by atoms with Crippen molar-refractivity contribution in [3.05, 3.63) is 76.9 Å². The predicted molar refractivity (Wildman–Crippen MR) is 131 cm³/mol. The number of carbonyl (C=O) groups is 3. The number of thiophene rings is 1. The molecule has 2 aromatic heterocycles. The van der Waals surface area contributed by atoms with Crippen molar-refractivity contribution in [3.63, 3.8) is 0 Å². The van der Waals surface area contributed by atoms with Gasteiger partial charge in [-0.25, -0.2) is 4.98 Å². The minimum atomic E-state index is -1.17. The number of benzene rings is 1. The second-order valence-corrected chi connectivity index (χ2v) is 8.40. The summed E-state index contributed by atoms with van der Waals surface area (Å²) in [5.74, 6) is -2.62. The summed E-state index contributed by atoms with van der Waals surface area (Å²) in [7, 11) is 0. The molecule has 0 atom stereocenters. The number of aliphatic hydroxyl groups excluding tert-OH is 1. The first-order chi connectivity index (χ1) is 16.4. The fourth-order valence-corrected chi connectivity index (χ4v) is 3.79. The lowest BCUT2D eigenvalue weighted by Crippen LogP contribution is -2.30. The van der Waals surface area contributed by atoms with Crippen LogP contribution < -0.4 is 11.1 Å². The van der Waals surface area contributed by atoms with Crippen LogP contribution in [0.15, 0.2) is 60.0 Å². The van der Waals surface area contributed by atoms with Gasteiger partial charge in [-0.1, -0.05) is 68.5 Å². The van der Waals surface area contributed by atoms with Gasteiger partial charge >= 0.3 is 5.97 Å². The summed E-state index contributed by atoms with van der Waals surface area (Å²) in [6, 6.07) is 16.1. The van der Waals surface area contributed by atoms with Crippen LogP contribution in [0.25, 0.3) is 10.4 Å². The molecule has 8 nitrogen and oxygen atoms in total. The number of aliphatic hydroxyl groups is 1. The SMILES string of the molecule is C1CCCC1.NC(=O)c1cc(-c2cccs2)cc(C(=O)NCC(=O)O)n1.OCc1ccccc1. The number of aromatic nitrogens is 1. The van der Waals surface area contributed by atoms with E-state index < -0.39 is 24.3 Å². The molecule has 34 heavy (non-hydrogen) atoms. The molecule has 0 spiro atoms. The molecule has 0 saturated heterocycles. The van der Waals surface area contributed by atoms with Gasteiger partial charge in [0.25, 0.3) is 11.8 Å². The van der Waals surface area contributed by atoms with Crippen molar-refractivity contribution in [2.45, 2.75) is 38.7 Å². The highest BCUT2D eigenvalue weighted by Crippen LogP contribution is 2.25. The predicted octanol–water partition coefficient (Wildman–Crippen LogP) is 3.85. The Bertz CT molecular complexity index is 1040. The van der Waals surface area contributed by atoms with Crippen LogP contribution in [-0.4, -0.2) is 39.5 Å². The molecule has 1 fully saturated rings. The molecule has 1 aromatic carbocycles. The van der Waals surface area contributed by atoms with Gasteiger partial charge in [0.1, 0.15) is 17.9 Å². The molecule has 0 aliphatic heterocycles. The van der Waals surface area contributed by atoms with Crippen LogP contribution in [0.2, 0.25) is 0 Å². The molecule has 0 radical (unpaired) electrons. The number of rotatable bonds is 6. The number of nitrogens with one attached hydrogen (secondary N) is 1. The highest BCUT2D eigenvalue weighted by Gasteiger charge is 2.15. The number of nitrogens with zero attached hydrogens (tertiary/aromatic N) is 1. The molecule has 0 unspecified atom stereocenters. The van der Waals surface area contributed by atoms with E-state index in [4.69, 9.17) is 15.9 Å². The molecule has 5 N–H and O–H groups in total. The van der Waals surface area contributed by atoms with Crippen molar-refractivity contribution in [1.29, 1.82) is 0 Å². The topological polar surface area (TPSA) is 143 Å². The third-order valence-electron chi connectivity index (χ3n) is 4.79. The lowest BCUT2D eigenvalue weighted by molar-refractivity contribution is -0.135. The molecule has 3 aromatic rings. The standard InChI is InChI=1S/C13H11N3O4S.C7H8O.C5H10/c14-12(19)8-4-7(10-2-1-3-21-10)5-9(16-8)13(20)15-6-11(17)18;8-6-7-4-2-1-3-5-7;1-2-4-5-3-1/h1-5H,6H2,(H2,14,19)(H,15,20)(H,17,18);1-5,8H,6H2;1-5H2. The second kappa shape index (κ2) is 14.6. The average molecular weight is 484 g/mol. The molecule has 0 bridgehead atoms. The Labute approximate surface area is 202 Å². The van der Waals surface area contributed by atoms with E-state index in [1.165, 1.54) is 55.6 Å². The fraction of sp³-hybridized carbons (Fsp3) is 0.280. The van der Waals surface area contributed by atoms with Crippen molar-refractivity contribution in [3.8, 4) is 10.4 Å². The largest absolute Gasteiger partial charge is 0.480 e. The Morgan fingerprint density at radius 3 is 2.03 bits per heavy atom. The Hall–Kier alpha value is -3.56. The van der Waals surface area contributed by atoms with Gasteiger partial charge in [-0.2, -0.15) is 0 Å². The van der Waals surface area contributed by atoms with Crippen molar-refractivity contribution < 1.29 is 24.6 Å². The zero-order valence-electron chi connectivity index (χ0n) is 18.8. The van der Waals surface area contributed by atoms with Crippen molar-refractivity contribution >= 4 is 29.1 Å². The number of pyridine rings is 1. The van der Waals surface area contributed by atoms with E-state index in [0.717, 1.165) is 10.4 Å². The van der Waals surface area contributed by atoms with Gasteiger partial charge in [0.05, 0.1) is 6.61 Å². The monoisotopic (exact) mass is 483 g/mol. The van der Waals surface area contributed by atoms with Gasteiger partial charge < -0.3 is 21.3 Å². The number of primary amides is 1. The molecular formula is C25H29N3O5S. The number of hydrogen-bond donors (Lipinski definition) is 4. The normalized spacial score (nSPS) is 11.9. The van der Waals surface area contributed by atoms with Crippen LogP contribution >= 0.6 is 11.3 Å². The van der Waals surface area contributed by atoms with Crippen LogP contribution in [0.1, 0.15) is 58.6 Å². The number of carboxylic acids is 1. The molecule has 1 aliphatic carbocycles. The molecule has 180 valence electrons. The smallest absolute Gasteiger partial charge is 0.322 e. The summed E-state index contributed by atoms with van der Waals surface area (Å²) < 4.78 is 0. The molecule has 1 saturated carbocycles. The van der Waals surface area contributed by atoms with Crippen molar-refractivity contribution in [2.75, 3.05) is 6.54 Å². The number of nitrogens with two attached hydrogens (primary N) is 1. The van der Waals surface area contributed by atoms with Gasteiger partial charge in [0.15, 0.2) is 0 Å². The van der Waals surface area contributed by atoms with E-state index in [-0.39, 0.29) is 18.0 Å². The van der Waals surface area contributed by atoms with Crippen LogP contribution in [-0.2, 0) is 11.4 Å². The quantitative estimate of drug-likeness (QED) is 0.419. The van der Waals surface area contributed by atoms with E-state index >= 15 is 0 Å². The zero-order chi connectivity index (χ0) is 24.8. The Morgan fingerprint density at radius 1 is 0.941 bits per heavy atom. The highest BCUT2D eigenvalue weighted by molar-refractivity contribution is 7.13. The molecule has 9 heteroatoms. The number of hydrogen-bond acceptors (Lipinski definition) is 6. The van der Waals surface area contributed by atoms with Gasteiger partial charge in [0, 0.05) is 4.88 Å². The van der Waals surface area contributed by atoms with Gasteiger partial charge in [-0.05, 0) is 34.7 Å². The summed E-state index contributed by atoms with van der Waals surface area (Å²) in [6.07, 6.45) is 7.50. The van der Waals surface area contributed by atoms with Gasteiger partial charge in [0.2, 0.25) is 0 Å². The average Bonchev–Trinajstić information content (AvgIpc) is 3.60. The molecule has 2 amide bonds. The number of amides is 2. The molecular weight excluding hydrogens is 454 g/mol. The first-order valence-corrected chi connectivity index (χ1v) is 11.8. The van der Waals surface area contributed by atoms with Gasteiger partial charge in [-0.3, -0.25) is 14.4 Å². The van der Waals surface area contributed by atoms with Gasteiger partial charge in [-0.15, -0.1) is 11.3 Å².